The molecule has 0 amide bonds. The SMILES string of the molecule is CCCCCCCCCCCCCCCOCCOCCOCCOCCOCCOCCOCCOCCOCCOCCOCCOc1ccccc1. The van der Waals surface area contributed by atoms with Crippen molar-refractivity contribution in [2.24, 2.45) is 0 Å². The van der Waals surface area contributed by atoms with Gasteiger partial charge in [0.25, 0.3) is 0 Å². The average molecular weight is 789 g/mol. The Balaban J connectivity index is 1.59. The molecule has 0 bridgehead atoms. The maximum Gasteiger partial charge on any atom is 0.119 e. The highest BCUT2D eigenvalue weighted by Gasteiger charge is 1.98. The standard InChI is InChI=1S/C43H80O12/c1-2-3-4-5-6-7-8-9-10-11-12-13-17-20-44-21-22-45-23-24-46-25-26-47-27-28-48-29-30-49-31-32-50-33-34-51-35-36-52-37-38-53-39-40-54-41-42-55-43-18-15-14-16-19-43/h14-16,18-19H,2-13,17,20-42H2,1H3. The lowest BCUT2D eigenvalue weighted by Crippen LogP contribution is -2.15. The fourth-order valence-corrected chi connectivity index (χ4v) is 5.26. The third-order valence-electron chi connectivity index (χ3n) is 8.35. The van der Waals surface area contributed by atoms with Gasteiger partial charge >= 0.3 is 0 Å². The molecule has 1 aromatic rings. The zero-order valence-corrected chi connectivity index (χ0v) is 34.7. The van der Waals surface area contributed by atoms with Crippen molar-refractivity contribution in [2.45, 2.75) is 90.4 Å². The highest BCUT2D eigenvalue weighted by molar-refractivity contribution is 5.20. The molecule has 0 fully saturated rings. The zero-order chi connectivity index (χ0) is 39.1. The summed E-state index contributed by atoms with van der Waals surface area (Å²) in [5.74, 6) is 0.846. The fraction of sp³-hybridized carbons (Fsp3) is 0.860. The number of hydrogen-bond acceptors (Lipinski definition) is 12. The lowest BCUT2D eigenvalue weighted by molar-refractivity contribution is -0.0277. The number of hydrogen-bond donors (Lipinski definition) is 0. The minimum absolute atomic E-state index is 0.516. The topological polar surface area (TPSA) is 111 Å². The summed E-state index contributed by atoms with van der Waals surface area (Å²) in [6, 6.07) is 9.69. The number of ether oxygens (including phenoxy) is 12. The van der Waals surface area contributed by atoms with Crippen LogP contribution in [0.1, 0.15) is 90.4 Å². The number of benzene rings is 1. The molecule has 12 nitrogen and oxygen atoms in total. The molecule has 1 rings (SSSR count). The van der Waals surface area contributed by atoms with Gasteiger partial charge in [-0.05, 0) is 18.6 Å². The average Bonchev–Trinajstić information content (AvgIpc) is 3.21. The van der Waals surface area contributed by atoms with Gasteiger partial charge in [0.15, 0.2) is 0 Å². The Morgan fingerprint density at radius 2 is 0.491 bits per heavy atom. The second kappa shape index (κ2) is 47.0. The van der Waals surface area contributed by atoms with E-state index >= 15 is 0 Å². The quantitative estimate of drug-likeness (QED) is 0.0617. The van der Waals surface area contributed by atoms with Crippen molar-refractivity contribution in [3.63, 3.8) is 0 Å². The van der Waals surface area contributed by atoms with Gasteiger partial charge in [0.1, 0.15) is 12.4 Å². The third-order valence-corrected chi connectivity index (χ3v) is 8.35. The summed E-state index contributed by atoms with van der Waals surface area (Å²) in [5.41, 5.74) is 0. The fourth-order valence-electron chi connectivity index (χ4n) is 5.26. The van der Waals surface area contributed by atoms with E-state index in [0.717, 1.165) is 18.8 Å². The molecule has 0 aliphatic heterocycles. The Labute approximate surface area is 334 Å². The first-order valence-corrected chi connectivity index (χ1v) is 21.5. The van der Waals surface area contributed by atoms with Gasteiger partial charge in [-0.25, -0.2) is 0 Å². The molecule has 0 heterocycles. The molecule has 0 aromatic heterocycles. The van der Waals surface area contributed by atoms with Crippen LogP contribution in [0.25, 0.3) is 0 Å². The molecule has 1 aromatic carbocycles. The van der Waals surface area contributed by atoms with E-state index in [1.165, 1.54) is 77.0 Å². The van der Waals surface area contributed by atoms with E-state index in [4.69, 9.17) is 56.8 Å². The van der Waals surface area contributed by atoms with Crippen molar-refractivity contribution in [3.8, 4) is 5.75 Å². The minimum Gasteiger partial charge on any atom is -0.491 e. The second-order valence-corrected chi connectivity index (χ2v) is 13.1. The van der Waals surface area contributed by atoms with Crippen molar-refractivity contribution < 1.29 is 56.8 Å². The molecule has 0 saturated carbocycles. The van der Waals surface area contributed by atoms with Crippen LogP contribution in [0.5, 0.6) is 5.75 Å². The first kappa shape index (κ1) is 51.6. The molecule has 0 aliphatic carbocycles. The van der Waals surface area contributed by atoms with E-state index in [0.29, 0.717) is 145 Å². The lowest BCUT2D eigenvalue weighted by atomic mass is 10.0. The van der Waals surface area contributed by atoms with E-state index in [9.17, 15) is 0 Å². The molecule has 0 unspecified atom stereocenters. The maximum absolute atomic E-state index is 5.68. The van der Waals surface area contributed by atoms with Crippen molar-refractivity contribution in [1.29, 1.82) is 0 Å². The third kappa shape index (κ3) is 43.5. The molecule has 12 heteroatoms. The van der Waals surface area contributed by atoms with Crippen molar-refractivity contribution >= 4 is 0 Å². The smallest absolute Gasteiger partial charge is 0.119 e. The van der Waals surface area contributed by atoms with E-state index in [1.54, 1.807) is 0 Å². The van der Waals surface area contributed by atoms with E-state index < -0.39 is 0 Å². The molecule has 0 atom stereocenters. The largest absolute Gasteiger partial charge is 0.491 e. The molecule has 0 N–H and O–H groups in total. The molecule has 0 saturated heterocycles. The predicted octanol–water partition coefficient (Wildman–Crippen LogP) is 7.34. The van der Waals surface area contributed by atoms with Crippen molar-refractivity contribution in [1.82, 2.24) is 0 Å². The Bertz CT molecular complexity index is 822. The van der Waals surface area contributed by atoms with Gasteiger partial charge in [-0.1, -0.05) is 102 Å². The van der Waals surface area contributed by atoms with Crippen LogP contribution < -0.4 is 4.74 Å². The summed E-state index contributed by atoms with van der Waals surface area (Å²) in [5, 5.41) is 0. The molecular weight excluding hydrogens is 708 g/mol. The predicted molar refractivity (Wildman–Crippen MR) is 217 cm³/mol. The summed E-state index contributed by atoms with van der Waals surface area (Å²) < 4.78 is 66.4. The number of unbranched alkanes of at least 4 members (excludes halogenated alkanes) is 12. The maximum atomic E-state index is 5.68. The summed E-state index contributed by atoms with van der Waals surface area (Å²) in [6.45, 7) is 14.9. The summed E-state index contributed by atoms with van der Waals surface area (Å²) in [7, 11) is 0. The highest BCUT2D eigenvalue weighted by atomic mass is 16.6. The highest BCUT2D eigenvalue weighted by Crippen LogP contribution is 2.12. The molecule has 0 spiro atoms. The van der Waals surface area contributed by atoms with Gasteiger partial charge in [0.05, 0.1) is 139 Å². The van der Waals surface area contributed by atoms with Crippen LogP contribution in [0.3, 0.4) is 0 Å². The van der Waals surface area contributed by atoms with Crippen LogP contribution in [0.2, 0.25) is 0 Å². The van der Waals surface area contributed by atoms with Crippen LogP contribution >= 0.6 is 0 Å². The first-order chi connectivity index (χ1) is 27.4. The van der Waals surface area contributed by atoms with Gasteiger partial charge in [0, 0.05) is 6.61 Å². The van der Waals surface area contributed by atoms with Gasteiger partial charge in [0.2, 0.25) is 0 Å². The lowest BCUT2D eigenvalue weighted by Gasteiger charge is -2.09. The van der Waals surface area contributed by atoms with Crippen LogP contribution in [0.15, 0.2) is 30.3 Å². The Morgan fingerprint density at radius 3 is 0.782 bits per heavy atom. The molecule has 55 heavy (non-hydrogen) atoms. The summed E-state index contributed by atoms with van der Waals surface area (Å²) in [6.07, 6.45) is 17.8. The number of para-hydroxylation sites is 1. The first-order valence-electron chi connectivity index (χ1n) is 21.5. The van der Waals surface area contributed by atoms with Crippen LogP contribution in [0, 0.1) is 0 Å². The van der Waals surface area contributed by atoms with Gasteiger partial charge in [-0.3, -0.25) is 0 Å². The Kier molecular flexibility index (Phi) is 44.1. The summed E-state index contributed by atoms with van der Waals surface area (Å²) >= 11 is 0. The number of rotatable bonds is 48. The Hall–Kier alpha value is -1.42. The zero-order valence-electron chi connectivity index (χ0n) is 34.7. The van der Waals surface area contributed by atoms with Gasteiger partial charge in [-0.15, -0.1) is 0 Å². The van der Waals surface area contributed by atoms with Crippen LogP contribution in [0.4, 0.5) is 0 Å². The van der Waals surface area contributed by atoms with Gasteiger partial charge in [-0.2, -0.15) is 0 Å². The molecule has 0 aliphatic rings. The van der Waals surface area contributed by atoms with E-state index in [-0.39, 0.29) is 0 Å². The van der Waals surface area contributed by atoms with Crippen molar-refractivity contribution in [3.05, 3.63) is 30.3 Å². The minimum atomic E-state index is 0.516. The summed E-state index contributed by atoms with van der Waals surface area (Å²) in [4.78, 5) is 0. The van der Waals surface area contributed by atoms with Crippen LogP contribution in [-0.4, -0.2) is 152 Å². The molecular formula is C43H80O12. The van der Waals surface area contributed by atoms with E-state index in [1.807, 2.05) is 30.3 Å². The Morgan fingerprint density at radius 1 is 0.255 bits per heavy atom. The van der Waals surface area contributed by atoms with Gasteiger partial charge < -0.3 is 56.8 Å². The second-order valence-electron chi connectivity index (χ2n) is 13.1. The van der Waals surface area contributed by atoms with Crippen LogP contribution in [-0.2, 0) is 52.1 Å². The van der Waals surface area contributed by atoms with E-state index in [2.05, 4.69) is 6.92 Å². The van der Waals surface area contributed by atoms with Crippen molar-refractivity contribution in [2.75, 3.05) is 152 Å². The monoisotopic (exact) mass is 789 g/mol. The molecule has 324 valence electrons. The normalized spacial score (nSPS) is 11.5. The molecule has 0 radical (unpaired) electrons.